The van der Waals surface area contributed by atoms with Gasteiger partial charge < -0.3 is 19.4 Å². The number of halogens is 3. The summed E-state index contributed by atoms with van der Waals surface area (Å²) in [5.41, 5.74) is -1.39. The highest BCUT2D eigenvalue weighted by molar-refractivity contribution is 5.88. The Morgan fingerprint density at radius 3 is 2.43 bits per heavy atom. The molecule has 0 unspecified atom stereocenters. The highest BCUT2D eigenvalue weighted by Crippen LogP contribution is 2.33. The van der Waals surface area contributed by atoms with Crippen molar-refractivity contribution in [3.63, 3.8) is 0 Å². The molecule has 1 aliphatic rings. The summed E-state index contributed by atoms with van der Waals surface area (Å²) in [7, 11) is 0. The van der Waals surface area contributed by atoms with Crippen molar-refractivity contribution in [2.24, 2.45) is 17.3 Å². The zero-order chi connectivity index (χ0) is 28.1. The Bertz CT molecular complexity index is 1050. The molecule has 0 spiro atoms. The molecule has 0 fully saturated rings. The summed E-state index contributed by atoms with van der Waals surface area (Å²) in [4.78, 5) is 30.0. The quantitative estimate of drug-likeness (QED) is 0.406. The van der Waals surface area contributed by atoms with Gasteiger partial charge in [0, 0.05) is 30.8 Å². The number of aliphatic hydroxyl groups is 2. The minimum atomic E-state index is -4.63. The molecule has 0 saturated heterocycles. The molecule has 0 saturated carbocycles. The lowest BCUT2D eigenvalue weighted by atomic mass is 9.73. The molecule has 0 aromatic carbocycles. The average molecular weight is 528 g/mol. The molecule has 1 aromatic rings. The molecule has 2 rings (SSSR count). The van der Waals surface area contributed by atoms with Crippen LogP contribution < -0.4 is 0 Å². The number of cyclic esters (lactones) is 1. The first-order chi connectivity index (χ1) is 17.0. The molecule has 1 aliphatic heterocycles. The van der Waals surface area contributed by atoms with Crippen LogP contribution in [-0.2, 0) is 14.3 Å². The summed E-state index contributed by atoms with van der Waals surface area (Å²) in [6.07, 6.45) is -2.99. The highest BCUT2D eigenvalue weighted by atomic mass is 19.4. The van der Waals surface area contributed by atoms with Gasteiger partial charge in [-0.2, -0.15) is 13.2 Å². The number of ether oxygens (including phenoxy) is 1. The van der Waals surface area contributed by atoms with Gasteiger partial charge in [0.15, 0.2) is 5.89 Å². The molecule has 1 aromatic heterocycles. The second kappa shape index (κ2) is 12.2. The lowest BCUT2D eigenvalue weighted by Crippen LogP contribution is -2.45. The molecule has 5 atom stereocenters. The van der Waals surface area contributed by atoms with E-state index < -0.39 is 71.9 Å². The lowest BCUT2D eigenvalue weighted by Gasteiger charge is -2.34. The molecule has 0 amide bonds. The van der Waals surface area contributed by atoms with Crippen molar-refractivity contribution in [1.82, 2.24) is 4.98 Å². The molecule has 0 aliphatic carbocycles. The Balaban J connectivity index is 2.50. The number of nitrogens with zero attached hydrogens (tertiary/aromatic N) is 1. The molecule has 2 heterocycles. The normalized spacial score (nSPS) is 31.4. The van der Waals surface area contributed by atoms with Crippen molar-refractivity contribution in [2.45, 2.75) is 85.3 Å². The van der Waals surface area contributed by atoms with Crippen LogP contribution in [0.4, 0.5) is 13.2 Å². The molecule has 7 nitrogen and oxygen atoms in total. The van der Waals surface area contributed by atoms with E-state index in [1.165, 1.54) is 39.2 Å². The van der Waals surface area contributed by atoms with E-state index in [0.717, 1.165) is 6.08 Å². The fraction of sp³-hybridized carbons (Fsp3) is 0.593. The van der Waals surface area contributed by atoms with E-state index in [-0.39, 0.29) is 6.42 Å². The van der Waals surface area contributed by atoms with E-state index in [0.29, 0.717) is 17.2 Å². The van der Waals surface area contributed by atoms with Crippen LogP contribution in [0.2, 0.25) is 0 Å². The Morgan fingerprint density at radius 1 is 1.22 bits per heavy atom. The highest BCUT2D eigenvalue weighted by Gasteiger charge is 2.42. The number of allylic oxidation sites excluding steroid dienone is 2. The number of carbonyl (C=O) groups is 2. The number of esters is 1. The summed E-state index contributed by atoms with van der Waals surface area (Å²) in [5, 5.41) is 21.4. The molecule has 206 valence electrons. The Morgan fingerprint density at radius 2 is 1.86 bits per heavy atom. The van der Waals surface area contributed by atoms with Gasteiger partial charge in [-0.05, 0) is 25.0 Å². The van der Waals surface area contributed by atoms with Gasteiger partial charge in [0.25, 0.3) is 0 Å². The number of aliphatic hydroxyl groups excluding tert-OH is 2. The largest absolute Gasteiger partial charge is 0.457 e. The number of alkyl halides is 3. The van der Waals surface area contributed by atoms with E-state index in [9.17, 15) is 33.0 Å². The van der Waals surface area contributed by atoms with Crippen molar-refractivity contribution in [3.05, 3.63) is 47.2 Å². The fourth-order valence-electron chi connectivity index (χ4n) is 4.17. The number of aromatic nitrogens is 1. The maximum absolute atomic E-state index is 13.7. The minimum absolute atomic E-state index is 0.277. The van der Waals surface area contributed by atoms with Gasteiger partial charge in [-0.3, -0.25) is 9.59 Å². The van der Waals surface area contributed by atoms with Crippen molar-refractivity contribution in [2.75, 3.05) is 0 Å². The smallest absolute Gasteiger partial charge is 0.412 e. The van der Waals surface area contributed by atoms with Crippen LogP contribution in [0.25, 0.3) is 6.08 Å². The summed E-state index contributed by atoms with van der Waals surface area (Å²) in [6, 6.07) is 0. The number of hydrogen-bond acceptors (Lipinski definition) is 7. The number of ketones is 1. The van der Waals surface area contributed by atoms with Gasteiger partial charge in [0.05, 0.1) is 24.0 Å². The maximum atomic E-state index is 13.7. The fourth-order valence-corrected chi connectivity index (χ4v) is 4.17. The lowest BCUT2D eigenvalue weighted by molar-refractivity contribution is -0.154. The van der Waals surface area contributed by atoms with Crippen molar-refractivity contribution < 1.29 is 42.1 Å². The molecule has 2 N–H and O–H groups in total. The van der Waals surface area contributed by atoms with Crippen LogP contribution in [-0.4, -0.2) is 51.4 Å². The molecule has 10 heteroatoms. The molecular formula is C27H36F3NO6. The van der Waals surface area contributed by atoms with Gasteiger partial charge in [0.2, 0.25) is 0 Å². The predicted octanol–water partition coefficient (Wildman–Crippen LogP) is 5.12. The first-order valence-corrected chi connectivity index (χ1v) is 12.2. The predicted molar refractivity (Wildman–Crippen MR) is 131 cm³/mol. The zero-order valence-electron chi connectivity index (χ0n) is 22.0. The SMILES string of the molecule is C/C(=C\c1coc(C)n1)[C@@H]1C/C=C(/C(F)(F)F)C/C=C/[C@H](C)[C@H](O)[C@@H](C)C(=O)C(C)(C)[C@@H](O)CC(=O)O1. The summed E-state index contributed by atoms with van der Waals surface area (Å²) in [6.45, 7) is 9.28. The second-order valence-electron chi connectivity index (χ2n) is 10.2. The number of oxazole rings is 1. The monoisotopic (exact) mass is 527 g/mol. The topological polar surface area (TPSA) is 110 Å². The van der Waals surface area contributed by atoms with E-state index in [1.54, 1.807) is 26.8 Å². The van der Waals surface area contributed by atoms with Gasteiger partial charge in [-0.15, -0.1) is 0 Å². The molecule has 37 heavy (non-hydrogen) atoms. The van der Waals surface area contributed by atoms with Crippen molar-refractivity contribution in [1.29, 1.82) is 0 Å². The maximum Gasteiger partial charge on any atom is 0.412 e. The Labute approximate surface area is 215 Å². The zero-order valence-corrected chi connectivity index (χ0v) is 22.0. The van der Waals surface area contributed by atoms with Gasteiger partial charge in [0.1, 0.15) is 23.8 Å². The first kappa shape index (κ1) is 30.5. The number of rotatable bonds is 2. The Kier molecular flexibility index (Phi) is 10.1. The van der Waals surface area contributed by atoms with E-state index in [4.69, 9.17) is 9.15 Å². The van der Waals surface area contributed by atoms with Crippen LogP contribution in [0.15, 0.2) is 40.1 Å². The average Bonchev–Trinajstić information content (AvgIpc) is 3.21. The standard InChI is InChI=1S/C27H36F3NO6/c1-15-8-7-9-19(27(28,29)30)10-11-21(16(2)12-20-14-36-18(4)31-20)37-23(33)13-22(32)26(5,6)25(35)17(3)24(15)34/h7-8,10,12,14-15,17,21-22,24,32,34H,9,11,13H2,1-6H3/b8-7+,16-12+,19-10+/t15-,17+,21-,22-,24-/m0/s1. The van der Waals surface area contributed by atoms with Gasteiger partial charge in [-0.25, -0.2) is 4.98 Å². The van der Waals surface area contributed by atoms with Crippen molar-refractivity contribution >= 4 is 17.8 Å². The van der Waals surface area contributed by atoms with Crippen LogP contribution in [0.3, 0.4) is 0 Å². The third-order valence-electron chi connectivity index (χ3n) is 6.81. The third kappa shape index (κ3) is 8.13. The van der Waals surface area contributed by atoms with E-state index >= 15 is 0 Å². The summed E-state index contributed by atoms with van der Waals surface area (Å²) < 4.78 is 51.9. The number of aryl methyl sites for hydroxylation is 1. The van der Waals surface area contributed by atoms with Gasteiger partial charge >= 0.3 is 12.1 Å². The Hall–Kier alpha value is -2.72. The van der Waals surface area contributed by atoms with Crippen LogP contribution >= 0.6 is 0 Å². The van der Waals surface area contributed by atoms with Crippen LogP contribution in [0.1, 0.15) is 65.5 Å². The number of hydrogen-bond donors (Lipinski definition) is 2. The number of carbonyl (C=O) groups excluding carboxylic acids is 2. The van der Waals surface area contributed by atoms with Crippen LogP contribution in [0, 0.1) is 24.2 Å². The molecular weight excluding hydrogens is 491 g/mol. The summed E-state index contributed by atoms with van der Waals surface area (Å²) >= 11 is 0. The third-order valence-corrected chi connectivity index (χ3v) is 6.81. The second-order valence-corrected chi connectivity index (χ2v) is 10.2. The summed E-state index contributed by atoms with van der Waals surface area (Å²) in [5.74, 6) is -2.52. The van der Waals surface area contributed by atoms with Gasteiger partial charge in [-0.1, -0.05) is 45.9 Å². The number of Topliss-reactive ketones (excluding diaryl/α,β-unsaturated/α-hetero) is 1. The minimum Gasteiger partial charge on any atom is -0.457 e. The van der Waals surface area contributed by atoms with Crippen LogP contribution in [0.5, 0.6) is 0 Å². The molecule has 0 bridgehead atoms. The molecule has 0 radical (unpaired) electrons. The van der Waals surface area contributed by atoms with E-state index in [1.807, 2.05) is 0 Å². The van der Waals surface area contributed by atoms with Crippen molar-refractivity contribution in [3.8, 4) is 0 Å². The first-order valence-electron chi connectivity index (χ1n) is 12.2. The van der Waals surface area contributed by atoms with E-state index in [2.05, 4.69) is 4.98 Å².